The molecule has 0 amide bonds. The Bertz CT molecular complexity index is 682. The predicted molar refractivity (Wildman–Crippen MR) is 78.5 cm³/mol. The van der Waals surface area contributed by atoms with E-state index in [1.165, 1.54) is 17.8 Å². The second-order valence-corrected chi connectivity index (χ2v) is 5.23. The molecule has 0 saturated heterocycles. The molecule has 0 aliphatic rings. The minimum Gasteiger partial charge on any atom is -0.478 e. The number of benzene rings is 1. The van der Waals surface area contributed by atoms with Gasteiger partial charge in [0.15, 0.2) is 5.16 Å². The third-order valence-electron chi connectivity index (χ3n) is 2.64. The summed E-state index contributed by atoms with van der Waals surface area (Å²) in [5.74, 6) is -0.369. The smallest absolute Gasteiger partial charge is 0.335 e. The van der Waals surface area contributed by atoms with Crippen molar-refractivity contribution in [3.8, 4) is 0 Å². The van der Waals surface area contributed by atoms with E-state index in [2.05, 4.69) is 9.97 Å². The summed E-state index contributed by atoms with van der Waals surface area (Å²) in [6, 6.07) is 7.99. The zero-order valence-electron chi connectivity index (χ0n) is 11.3. The fraction of sp³-hybridized carbons (Fsp3) is 0.214. The van der Waals surface area contributed by atoms with Gasteiger partial charge in [0.2, 0.25) is 0 Å². The van der Waals surface area contributed by atoms with Crippen LogP contribution < -0.4 is 5.56 Å². The molecular formula is C14H14N2O4S. The van der Waals surface area contributed by atoms with Crippen LogP contribution >= 0.6 is 11.8 Å². The summed E-state index contributed by atoms with van der Waals surface area (Å²) in [6.07, 6.45) is 0. The van der Waals surface area contributed by atoms with Crippen LogP contribution in [0.1, 0.15) is 21.6 Å². The third kappa shape index (κ3) is 4.44. The molecular weight excluding hydrogens is 292 g/mol. The fourth-order valence-corrected chi connectivity index (χ4v) is 2.52. The van der Waals surface area contributed by atoms with Crippen molar-refractivity contribution in [3.05, 3.63) is 57.5 Å². The van der Waals surface area contributed by atoms with Crippen molar-refractivity contribution in [1.82, 2.24) is 9.97 Å². The van der Waals surface area contributed by atoms with E-state index < -0.39 is 5.97 Å². The number of ether oxygens (including phenoxy) is 1. The lowest BCUT2D eigenvalue weighted by molar-refractivity contribution is 0.0697. The largest absolute Gasteiger partial charge is 0.478 e. The number of methoxy groups -OCH3 is 1. The van der Waals surface area contributed by atoms with Crippen LogP contribution in [-0.2, 0) is 17.1 Å². The van der Waals surface area contributed by atoms with Crippen LogP contribution in [0.5, 0.6) is 0 Å². The molecule has 2 rings (SSSR count). The van der Waals surface area contributed by atoms with Gasteiger partial charge in [-0.05, 0) is 17.7 Å². The highest BCUT2D eigenvalue weighted by Gasteiger charge is 2.05. The zero-order chi connectivity index (χ0) is 15.2. The number of nitrogens with zero attached hydrogens (tertiary/aromatic N) is 1. The van der Waals surface area contributed by atoms with Gasteiger partial charge in [0, 0.05) is 18.9 Å². The topological polar surface area (TPSA) is 92.3 Å². The standard InChI is InChI=1S/C14H14N2O4S/c1-20-7-11-6-12(17)16-14(15-11)21-8-9-2-4-10(5-3-9)13(18)19/h2-6H,7-8H2,1H3,(H,18,19)(H,15,16,17). The quantitative estimate of drug-likeness (QED) is 0.625. The number of carbonyl (C=O) groups is 1. The Balaban J connectivity index is 2.05. The fourth-order valence-electron chi connectivity index (χ4n) is 1.67. The number of carboxylic acids is 1. The van der Waals surface area contributed by atoms with Gasteiger partial charge in [-0.25, -0.2) is 9.78 Å². The van der Waals surface area contributed by atoms with E-state index in [-0.39, 0.29) is 17.7 Å². The molecule has 1 heterocycles. The monoisotopic (exact) mass is 306 g/mol. The van der Waals surface area contributed by atoms with E-state index in [0.717, 1.165) is 5.56 Å². The molecule has 110 valence electrons. The SMILES string of the molecule is COCc1cc(=O)[nH]c(SCc2ccc(C(=O)O)cc2)n1. The molecule has 2 N–H and O–H groups in total. The van der Waals surface area contributed by atoms with Gasteiger partial charge in [-0.2, -0.15) is 0 Å². The minimum atomic E-state index is -0.951. The number of H-pyrrole nitrogens is 1. The maximum absolute atomic E-state index is 11.5. The summed E-state index contributed by atoms with van der Waals surface area (Å²) in [4.78, 5) is 29.2. The molecule has 6 nitrogen and oxygen atoms in total. The van der Waals surface area contributed by atoms with Crippen LogP contribution in [0.25, 0.3) is 0 Å². The van der Waals surface area contributed by atoms with Crippen molar-refractivity contribution in [3.63, 3.8) is 0 Å². The van der Waals surface area contributed by atoms with Crippen molar-refractivity contribution in [1.29, 1.82) is 0 Å². The highest BCUT2D eigenvalue weighted by atomic mass is 32.2. The van der Waals surface area contributed by atoms with Crippen molar-refractivity contribution >= 4 is 17.7 Å². The molecule has 0 saturated carbocycles. The molecule has 21 heavy (non-hydrogen) atoms. The van der Waals surface area contributed by atoms with Crippen LogP contribution in [0, 0.1) is 0 Å². The molecule has 0 fully saturated rings. The molecule has 0 atom stereocenters. The lowest BCUT2D eigenvalue weighted by Crippen LogP contribution is -2.10. The van der Waals surface area contributed by atoms with E-state index in [4.69, 9.17) is 9.84 Å². The lowest BCUT2D eigenvalue weighted by atomic mass is 10.1. The number of rotatable bonds is 6. The summed E-state index contributed by atoms with van der Waals surface area (Å²) in [6.45, 7) is 0.283. The van der Waals surface area contributed by atoms with Gasteiger partial charge in [-0.1, -0.05) is 23.9 Å². The molecule has 0 bridgehead atoms. The van der Waals surface area contributed by atoms with Crippen molar-refractivity contribution < 1.29 is 14.6 Å². The van der Waals surface area contributed by atoms with Gasteiger partial charge in [-0.3, -0.25) is 4.79 Å². The summed E-state index contributed by atoms with van der Waals surface area (Å²) in [5.41, 5.74) is 1.55. The predicted octanol–water partition coefficient (Wildman–Crippen LogP) is 1.91. The Kier molecular flexibility index (Phi) is 5.13. The highest BCUT2D eigenvalue weighted by molar-refractivity contribution is 7.98. The second kappa shape index (κ2) is 7.05. The van der Waals surface area contributed by atoms with Crippen LogP contribution in [-0.4, -0.2) is 28.2 Å². The number of aromatic carboxylic acids is 1. The van der Waals surface area contributed by atoms with Gasteiger partial charge >= 0.3 is 5.97 Å². The molecule has 7 heteroatoms. The molecule has 0 spiro atoms. The number of hydrogen-bond donors (Lipinski definition) is 2. The van der Waals surface area contributed by atoms with Gasteiger partial charge in [0.05, 0.1) is 17.9 Å². The number of carboxylic acid groups (broad SMARTS) is 1. The number of hydrogen-bond acceptors (Lipinski definition) is 5. The van der Waals surface area contributed by atoms with Crippen LogP contribution in [0.4, 0.5) is 0 Å². The molecule has 0 aliphatic heterocycles. The first kappa shape index (κ1) is 15.3. The highest BCUT2D eigenvalue weighted by Crippen LogP contribution is 2.19. The van der Waals surface area contributed by atoms with E-state index in [1.807, 2.05) is 0 Å². The maximum Gasteiger partial charge on any atom is 0.335 e. The lowest BCUT2D eigenvalue weighted by Gasteiger charge is -2.04. The molecule has 0 radical (unpaired) electrons. The number of aromatic nitrogens is 2. The number of aromatic amines is 1. The summed E-state index contributed by atoms with van der Waals surface area (Å²) < 4.78 is 4.96. The summed E-state index contributed by atoms with van der Waals surface area (Å²) in [7, 11) is 1.54. The molecule has 1 aromatic heterocycles. The Morgan fingerprint density at radius 1 is 1.38 bits per heavy atom. The summed E-state index contributed by atoms with van der Waals surface area (Å²) >= 11 is 1.37. The van der Waals surface area contributed by atoms with E-state index in [1.54, 1.807) is 31.4 Å². The van der Waals surface area contributed by atoms with Crippen molar-refractivity contribution in [2.24, 2.45) is 0 Å². The average Bonchev–Trinajstić information content (AvgIpc) is 2.45. The van der Waals surface area contributed by atoms with Gasteiger partial charge in [0.25, 0.3) is 5.56 Å². The van der Waals surface area contributed by atoms with Gasteiger partial charge in [0.1, 0.15) is 0 Å². The number of nitrogens with one attached hydrogen (secondary N) is 1. The maximum atomic E-state index is 11.5. The number of thioether (sulfide) groups is 1. The van der Waals surface area contributed by atoms with Gasteiger partial charge in [-0.15, -0.1) is 0 Å². The van der Waals surface area contributed by atoms with Crippen molar-refractivity contribution in [2.75, 3.05) is 7.11 Å². The molecule has 1 aromatic carbocycles. The Morgan fingerprint density at radius 3 is 2.71 bits per heavy atom. The van der Waals surface area contributed by atoms with Crippen LogP contribution in [0.2, 0.25) is 0 Å². The first-order valence-corrected chi connectivity index (χ1v) is 7.11. The van der Waals surface area contributed by atoms with Crippen LogP contribution in [0.3, 0.4) is 0 Å². The molecule has 0 aliphatic carbocycles. The van der Waals surface area contributed by atoms with Crippen LogP contribution in [0.15, 0.2) is 40.3 Å². The zero-order valence-corrected chi connectivity index (χ0v) is 12.1. The Hall–Kier alpha value is -2.12. The van der Waals surface area contributed by atoms with Gasteiger partial charge < -0.3 is 14.8 Å². The first-order chi connectivity index (χ1) is 10.1. The first-order valence-electron chi connectivity index (χ1n) is 6.12. The summed E-state index contributed by atoms with van der Waals surface area (Å²) in [5, 5.41) is 9.34. The normalized spacial score (nSPS) is 10.5. The Morgan fingerprint density at radius 2 is 2.10 bits per heavy atom. The van der Waals surface area contributed by atoms with Crippen molar-refractivity contribution in [2.45, 2.75) is 17.5 Å². The second-order valence-electron chi connectivity index (χ2n) is 4.27. The minimum absolute atomic E-state index is 0.222. The van der Waals surface area contributed by atoms with E-state index in [0.29, 0.717) is 16.6 Å². The Labute approximate surface area is 125 Å². The molecule has 0 unspecified atom stereocenters. The average molecular weight is 306 g/mol. The third-order valence-corrected chi connectivity index (χ3v) is 3.59. The molecule has 2 aromatic rings. The van der Waals surface area contributed by atoms with E-state index >= 15 is 0 Å². The van der Waals surface area contributed by atoms with E-state index in [9.17, 15) is 9.59 Å².